The smallest absolute Gasteiger partial charge is 0.0593 e. The average Bonchev–Trinajstić information content (AvgIpc) is 2.30. The van der Waals surface area contributed by atoms with Gasteiger partial charge in [-0.15, -0.1) is 0 Å². The molecule has 1 rings (SSSR count). The van der Waals surface area contributed by atoms with Crippen LogP contribution in [0.3, 0.4) is 0 Å². The van der Waals surface area contributed by atoms with Crippen molar-refractivity contribution in [2.24, 2.45) is 5.73 Å². The monoisotopic (exact) mass is 237 g/mol. The van der Waals surface area contributed by atoms with Gasteiger partial charge in [0.2, 0.25) is 0 Å². The van der Waals surface area contributed by atoms with Crippen LogP contribution in [0.1, 0.15) is 25.5 Å². The van der Waals surface area contributed by atoms with Crippen LogP contribution in [-0.4, -0.2) is 42.7 Å². The second kappa shape index (κ2) is 7.37. The van der Waals surface area contributed by atoms with E-state index >= 15 is 0 Å². The van der Waals surface area contributed by atoms with Crippen LogP contribution in [-0.2, 0) is 4.74 Å². The van der Waals surface area contributed by atoms with Crippen molar-refractivity contribution in [2.75, 3.05) is 26.8 Å². The SMILES string of the molecule is CCOCCN(C)C(c1cccnc1)C(C)N. The van der Waals surface area contributed by atoms with Gasteiger partial charge in [0.1, 0.15) is 0 Å². The molecule has 4 heteroatoms. The van der Waals surface area contributed by atoms with Crippen LogP contribution in [0.2, 0.25) is 0 Å². The van der Waals surface area contributed by atoms with Gasteiger partial charge in [0, 0.05) is 31.6 Å². The standard InChI is InChI=1S/C13H23N3O/c1-4-17-9-8-16(3)13(11(2)14)12-6-5-7-15-10-12/h5-7,10-11,13H,4,8-9,14H2,1-3H3. The molecule has 2 N–H and O–H groups in total. The Morgan fingerprint density at radius 1 is 1.53 bits per heavy atom. The van der Waals surface area contributed by atoms with E-state index in [1.165, 1.54) is 0 Å². The van der Waals surface area contributed by atoms with Crippen molar-refractivity contribution in [2.45, 2.75) is 25.9 Å². The summed E-state index contributed by atoms with van der Waals surface area (Å²) in [5.41, 5.74) is 7.22. The van der Waals surface area contributed by atoms with E-state index in [2.05, 4.69) is 23.0 Å². The van der Waals surface area contributed by atoms with Crippen molar-refractivity contribution in [1.29, 1.82) is 0 Å². The van der Waals surface area contributed by atoms with Gasteiger partial charge in [-0.25, -0.2) is 0 Å². The Morgan fingerprint density at radius 2 is 2.29 bits per heavy atom. The van der Waals surface area contributed by atoms with Gasteiger partial charge in [-0.05, 0) is 32.5 Å². The average molecular weight is 237 g/mol. The molecule has 0 saturated carbocycles. The van der Waals surface area contributed by atoms with Crippen LogP contribution in [0, 0.1) is 0 Å². The molecule has 1 aromatic heterocycles. The summed E-state index contributed by atoms with van der Waals surface area (Å²) in [7, 11) is 2.07. The number of nitrogens with zero attached hydrogens (tertiary/aromatic N) is 2. The number of hydrogen-bond acceptors (Lipinski definition) is 4. The third-order valence-electron chi connectivity index (χ3n) is 2.79. The van der Waals surface area contributed by atoms with Gasteiger partial charge in [-0.2, -0.15) is 0 Å². The third kappa shape index (κ3) is 4.42. The molecule has 0 aliphatic heterocycles. The fourth-order valence-electron chi connectivity index (χ4n) is 2.00. The summed E-state index contributed by atoms with van der Waals surface area (Å²) in [6.07, 6.45) is 3.66. The molecular weight excluding hydrogens is 214 g/mol. The van der Waals surface area contributed by atoms with Crippen LogP contribution in [0.5, 0.6) is 0 Å². The zero-order chi connectivity index (χ0) is 12.7. The maximum absolute atomic E-state index is 6.06. The Bertz CT molecular complexity index is 303. The summed E-state index contributed by atoms with van der Waals surface area (Å²) in [5, 5.41) is 0. The molecule has 0 spiro atoms. The van der Waals surface area contributed by atoms with Crippen molar-refractivity contribution >= 4 is 0 Å². The molecule has 1 aromatic rings. The predicted octanol–water partition coefficient (Wildman–Crippen LogP) is 1.44. The maximum Gasteiger partial charge on any atom is 0.0593 e. The molecule has 0 saturated heterocycles. The summed E-state index contributed by atoms with van der Waals surface area (Å²) in [5.74, 6) is 0. The van der Waals surface area contributed by atoms with Crippen molar-refractivity contribution in [3.05, 3.63) is 30.1 Å². The molecule has 2 atom stereocenters. The summed E-state index contributed by atoms with van der Waals surface area (Å²) in [6.45, 7) is 6.38. The van der Waals surface area contributed by atoms with E-state index in [9.17, 15) is 0 Å². The van der Waals surface area contributed by atoms with E-state index in [1.807, 2.05) is 26.1 Å². The van der Waals surface area contributed by atoms with Gasteiger partial charge >= 0.3 is 0 Å². The first-order chi connectivity index (χ1) is 8.16. The molecule has 0 aromatic carbocycles. The molecule has 0 aliphatic carbocycles. The lowest BCUT2D eigenvalue weighted by Crippen LogP contribution is -2.38. The molecule has 2 unspecified atom stereocenters. The summed E-state index contributed by atoms with van der Waals surface area (Å²) < 4.78 is 5.37. The van der Waals surface area contributed by atoms with Gasteiger partial charge in [0.15, 0.2) is 0 Å². The number of nitrogens with two attached hydrogens (primary N) is 1. The molecule has 1 heterocycles. The van der Waals surface area contributed by atoms with Crippen LogP contribution < -0.4 is 5.73 Å². The van der Waals surface area contributed by atoms with E-state index < -0.39 is 0 Å². The van der Waals surface area contributed by atoms with Gasteiger partial charge in [-0.1, -0.05) is 6.07 Å². The summed E-state index contributed by atoms with van der Waals surface area (Å²) in [4.78, 5) is 6.37. The fourth-order valence-corrected chi connectivity index (χ4v) is 2.00. The predicted molar refractivity (Wildman–Crippen MR) is 69.8 cm³/mol. The molecule has 0 aliphatic rings. The lowest BCUT2D eigenvalue weighted by atomic mass is 10.0. The lowest BCUT2D eigenvalue weighted by molar-refractivity contribution is 0.102. The first-order valence-corrected chi connectivity index (χ1v) is 6.10. The quantitative estimate of drug-likeness (QED) is 0.729. The second-order valence-electron chi connectivity index (χ2n) is 4.27. The minimum Gasteiger partial charge on any atom is -0.380 e. The summed E-state index contributed by atoms with van der Waals surface area (Å²) >= 11 is 0. The van der Waals surface area contributed by atoms with Gasteiger partial charge < -0.3 is 10.5 Å². The van der Waals surface area contributed by atoms with Gasteiger partial charge in [0.05, 0.1) is 12.6 Å². The highest BCUT2D eigenvalue weighted by Gasteiger charge is 2.20. The van der Waals surface area contributed by atoms with Crippen LogP contribution in [0.15, 0.2) is 24.5 Å². The highest BCUT2D eigenvalue weighted by molar-refractivity contribution is 5.15. The first-order valence-electron chi connectivity index (χ1n) is 6.10. The number of likely N-dealkylation sites (N-methyl/N-ethyl adjacent to an activating group) is 1. The Morgan fingerprint density at radius 3 is 2.82 bits per heavy atom. The second-order valence-corrected chi connectivity index (χ2v) is 4.27. The van der Waals surface area contributed by atoms with Crippen molar-refractivity contribution in [3.63, 3.8) is 0 Å². The van der Waals surface area contributed by atoms with E-state index in [4.69, 9.17) is 10.5 Å². The number of hydrogen-bond donors (Lipinski definition) is 1. The van der Waals surface area contributed by atoms with Crippen molar-refractivity contribution in [3.8, 4) is 0 Å². The first kappa shape index (κ1) is 14.1. The van der Waals surface area contributed by atoms with Gasteiger partial charge in [0.25, 0.3) is 0 Å². The zero-order valence-electron chi connectivity index (χ0n) is 11.0. The third-order valence-corrected chi connectivity index (χ3v) is 2.79. The van der Waals surface area contributed by atoms with E-state index in [1.54, 1.807) is 6.20 Å². The minimum atomic E-state index is 0.0610. The number of ether oxygens (including phenoxy) is 1. The number of pyridine rings is 1. The molecule has 0 amide bonds. The molecule has 0 fully saturated rings. The van der Waals surface area contributed by atoms with Gasteiger partial charge in [-0.3, -0.25) is 9.88 Å². The maximum atomic E-state index is 6.06. The topological polar surface area (TPSA) is 51.4 Å². The molecule has 0 bridgehead atoms. The van der Waals surface area contributed by atoms with Crippen LogP contribution in [0.4, 0.5) is 0 Å². The number of aromatic nitrogens is 1. The minimum absolute atomic E-state index is 0.0610. The zero-order valence-corrected chi connectivity index (χ0v) is 11.0. The number of rotatable bonds is 7. The van der Waals surface area contributed by atoms with E-state index in [-0.39, 0.29) is 12.1 Å². The molecule has 4 nitrogen and oxygen atoms in total. The molecule has 17 heavy (non-hydrogen) atoms. The highest BCUT2D eigenvalue weighted by atomic mass is 16.5. The van der Waals surface area contributed by atoms with Crippen molar-refractivity contribution in [1.82, 2.24) is 9.88 Å². The summed E-state index contributed by atoms with van der Waals surface area (Å²) in [6, 6.07) is 4.26. The highest BCUT2D eigenvalue weighted by Crippen LogP contribution is 2.20. The molecular formula is C13H23N3O. The van der Waals surface area contributed by atoms with Crippen LogP contribution >= 0.6 is 0 Å². The largest absolute Gasteiger partial charge is 0.380 e. The lowest BCUT2D eigenvalue weighted by Gasteiger charge is -2.31. The van der Waals surface area contributed by atoms with E-state index in [0.29, 0.717) is 0 Å². The fraction of sp³-hybridized carbons (Fsp3) is 0.615. The Kier molecular flexibility index (Phi) is 6.11. The Hall–Kier alpha value is -0.970. The molecule has 0 radical (unpaired) electrons. The Balaban J connectivity index is 2.66. The van der Waals surface area contributed by atoms with Crippen LogP contribution in [0.25, 0.3) is 0 Å². The molecule has 96 valence electrons. The normalized spacial score (nSPS) is 14.9. The van der Waals surface area contributed by atoms with Crippen molar-refractivity contribution < 1.29 is 4.74 Å². The Labute approximate surface area is 104 Å². The van der Waals surface area contributed by atoms with E-state index in [0.717, 1.165) is 25.3 Å².